The van der Waals surface area contributed by atoms with E-state index in [1.165, 1.54) is 14.2 Å². The van der Waals surface area contributed by atoms with Gasteiger partial charge in [0.05, 0.1) is 37.8 Å². The fraction of sp³-hybridized carbons (Fsp3) is 0.333. The summed E-state index contributed by atoms with van der Waals surface area (Å²) in [7, 11) is 2.98. The third kappa shape index (κ3) is 4.45. The summed E-state index contributed by atoms with van der Waals surface area (Å²) in [6.07, 6.45) is -3.02. The summed E-state index contributed by atoms with van der Waals surface area (Å²) in [5.41, 5.74) is 0.0167. The molecule has 1 N–H and O–H groups in total. The highest BCUT2D eigenvalue weighted by atomic mass is 19.4. The standard InChI is InChI=1S/C24H23F3N2O5/c1-32-16-10-14(11-17(12-16)33-2)22-18-4-3-5-19(18)23(31)29(28-22)21-13-15(34-9-8-30)6-7-20(21)24(25,26)27/h6-7,10-13,30H,3-5,8-9H2,1-2H3. The Morgan fingerprint density at radius 2 is 1.68 bits per heavy atom. The normalized spacial score (nSPS) is 13.0. The Morgan fingerprint density at radius 3 is 2.29 bits per heavy atom. The number of aromatic nitrogens is 2. The lowest BCUT2D eigenvalue weighted by molar-refractivity contribution is -0.137. The zero-order valence-electron chi connectivity index (χ0n) is 18.6. The van der Waals surface area contributed by atoms with E-state index in [1.54, 1.807) is 18.2 Å². The Balaban J connectivity index is 1.99. The molecule has 0 saturated carbocycles. The van der Waals surface area contributed by atoms with E-state index in [-0.39, 0.29) is 19.0 Å². The van der Waals surface area contributed by atoms with E-state index < -0.39 is 23.0 Å². The Kier molecular flexibility index (Phi) is 6.52. The van der Waals surface area contributed by atoms with Gasteiger partial charge in [-0.3, -0.25) is 4.79 Å². The van der Waals surface area contributed by atoms with Crippen LogP contribution >= 0.6 is 0 Å². The molecule has 3 aromatic rings. The average molecular weight is 476 g/mol. The molecule has 0 atom stereocenters. The molecule has 0 bridgehead atoms. The van der Waals surface area contributed by atoms with Crippen molar-refractivity contribution in [1.29, 1.82) is 0 Å². The number of nitrogens with zero attached hydrogens (tertiary/aromatic N) is 2. The van der Waals surface area contributed by atoms with Crippen molar-refractivity contribution in [2.75, 3.05) is 27.4 Å². The molecule has 34 heavy (non-hydrogen) atoms. The van der Waals surface area contributed by atoms with Crippen molar-refractivity contribution in [3.8, 4) is 34.2 Å². The molecule has 1 aliphatic carbocycles. The van der Waals surface area contributed by atoms with Gasteiger partial charge in [0.25, 0.3) is 5.56 Å². The third-order valence-corrected chi connectivity index (χ3v) is 5.64. The fourth-order valence-electron chi connectivity index (χ4n) is 4.09. The first-order valence-electron chi connectivity index (χ1n) is 10.6. The molecule has 1 heterocycles. The number of hydrogen-bond donors (Lipinski definition) is 1. The predicted octanol–water partition coefficient (Wildman–Crippen LogP) is 3.80. The van der Waals surface area contributed by atoms with Crippen LogP contribution in [-0.2, 0) is 19.0 Å². The second-order valence-electron chi connectivity index (χ2n) is 7.73. The molecule has 7 nitrogen and oxygen atoms in total. The molecule has 10 heteroatoms. The summed E-state index contributed by atoms with van der Waals surface area (Å²) < 4.78 is 58.4. The van der Waals surface area contributed by atoms with Crippen molar-refractivity contribution in [2.24, 2.45) is 0 Å². The van der Waals surface area contributed by atoms with E-state index in [4.69, 9.17) is 19.3 Å². The van der Waals surface area contributed by atoms with Gasteiger partial charge in [0.1, 0.15) is 23.9 Å². The number of aliphatic hydroxyl groups excluding tert-OH is 1. The lowest BCUT2D eigenvalue weighted by atomic mass is 10.0. The zero-order chi connectivity index (χ0) is 24.5. The van der Waals surface area contributed by atoms with Crippen LogP contribution in [0.2, 0.25) is 0 Å². The molecule has 0 amide bonds. The van der Waals surface area contributed by atoms with E-state index in [0.29, 0.717) is 53.1 Å². The summed E-state index contributed by atoms with van der Waals surface area (Å²) in [5, 5.41) is 13.4. The van der Waals surface area contributed by atoms with Crippen LogP contribution in [0.3, 0.4) is 0 Å². The Hall–Kier alpha value is -3.53. The highest BCUT2D eigenvalue weighted by Crippen LogP contribution is 2.37. The van der Waals surface area contributed by atoms with Gasteiger partial charge >= 0.3 is 6.18 Å². The molecule has 2 aromatic carbocycles. The quantitative estimate of drug-likeness (QED) is 0.559. The number of aliphatic hydroxyl groups is 1. The first kappa shape index (κ1) is 23.6. The first-order valence-corrected chi connectivity index (χ1v) is 10.6. The number of hydrogen-bond acceptors (Lipinski definition) is 6. The van der Waals surface area contributed by atoms with Crippen LogP contribution in [0, 0.1) is 0 Å². The monoisotopic (exact) mass is 476 g/mol. The molecule has 1 aromatic heterocycles. The molecule has 1 aliphatic rings. The number of alkyl halides is 3. The molecule has 0 saturated heterocycles. The van der Waals surface area contributed by atoms with Gasteiger partial charge in [-0.2, -0.15) is 23.0 Å². The van der Waals surface area contributed by atoms with Gasteiger partial charge in [-0.25, -0.2) is 0 Å². The molecule has 0 unspecified atom stereocenters. The lowest BCUT2D eigenvalue weighted by Crippen LogP contribution is -2.28. The number of methoxy groups -OCH3 is 2. The van der Waals surface area contributed by atoms with Gasteiger partial charge < -0.3 is 19.3 Å². The van der Waals surface area contributed by atoms with Crippen LogP contribution in [0.15, 0.2) is 41.2 Å². The summed E-state index contributed by atoms with van der Waals surface area (Å²) in [6, 6.07) is 8.17. The summed E-state index contributed by atoms with van der Waals surface area (Å²) >= 11 is 0. The minimum atomic E-state index is -4.73. The molecule has 0 radical (unpaired) electrons. The largest absolute Gasteiger partial charge is 0.497 e. The van der Waals surface area contributed by atoms with Gasteiger partial charge in [-0.15, -0.1) is 0 Å². The van der Waals surface area contributed by atoms with Crippen molar-refractivity contribution in [2.45, 2.75) is 25.4 Å². The number of rotatable bonds is 7. The number of fused-ring (bicyclic) bond motifs is 1. The van der Waals surface area contributed by atoms with E-state index >= 15 is 0 Å². The van der Waals surface area contributed by atoms with Gasteiger partial charge in [0.2, 0.25) is 0 Å². The summed E-state index contributed by atoms with van der Waals surface area (Å²) in [6.45, 7) is -0.415. The molecule has 4 rings (SSSR count). The smallest absolute Gasteiger partial charge is 0.418 e. The molecule has 0 spiro atoms. The maximum absolute atomic E-state index is 13.9. The molecule has 0 fully saturated rings. The number of ether oxygens (including phenoxy) is 3. The molecular formula is C24H23F3N2O5. The van der Waals surface area contributed by atoms with Gasteiger partial charge in [-0.05, 0) is 49.1 Å². The highest BCUT2D eigenvalue weighted by molar-refractivity contribution is 5.69. The second kappa shape index (κ2) is 9.38. The van der Waals surface area contributed by atoms with Crippen LogP contribution in [0.25, 0.3) is 16.9 Å². The lowest BCUT2D eigenvalue weighted by Gasteiger charge is -2.18. The topological polar surface area (TPSA) is 82.8 Å². The van der Waals surface area contributed by atoms with Crippen LogP contribution in [0.4, 0.5) is 13.2 Å². The average Bonchev–Trinajstić information content (AvgIpc) is 3.32. The molecule has 180 valence electrons. The van der Waals surface area contributed by atoms with E-state index in [1.807, 2.05) is 0 Å². The Bertz CT molecular complexity index is 1250. The minimum Gasteiger partial charge on any atom is -0.497 e. The third-order valence-electron chi connectivity index (χ3n) is 5.64. The number of halogens is 3. The van der Waals surface area contributed by atoms with E-state index in [0.717, 1.165) is 22.9 Å². The minimum absolute atomic E-state index is 0.0795. The number of benzene rings is 2. The maximum atomic E-state index is 13.9. The van der Waals surface area contributed by atoms with E-state index in [2.05, 4.69) is 5.10 Å². The van der Waals surface area contributed by atoms with Crippen LogP contribution in [0.1, 0.15) is 23.1 Å². The summed E-state index contributed by atoms with van der Waals surface area (Å²) in [4.78, 5) is 13.3. The van der Waals surface area contributed by atoms with Crippen LogP contribution < -0.4 is 19.8 Å². The Morgan fingerprint density at radius 1 is 1.00 bits per heavy atom. The van der Waals surface area contributed by atoms with Gasteiger partial charge in [0.15, 0.2) is 0 Å². The highest BCUT2D eigenvalue weighted by Gasteiger charge is 2.36. The predicted molar refractivity (Wildman–Crippen MR) is 118 cm³/mol. The van der Waals surface area contributed by atoms with Gasteiger partial charge in [-0.1, -0.05) is 0 Å². The van der Waals surface area contributed by atoms with Crippen molar-refractivity contribution in [3.05, 3.63) is 63.4 Å². The Labute approximate surface area is 193 Å². The second-order valence-corrected chi connectivity index (χ2v) is 7.73. The molecule has 0 aliphatic heterocycles. The fourth-order valence-corrected chi connectivity index (χ4v) is 4.09. The van der Waals surface area contributed by atoms with Crippen LogP contribution in [0.5, 0.6) is 17.2 Å². The first-order chi connectivity index (χ1) is 16.3. The van der Waals surface area contributed by atoms with Crippen molar-refractivity contribution >= 4 is 0 Å². The van der Waals surface area contributed by atoms with Crippen molar-refractivity contribution in [1.82, 2.24) is 9.78 Å². The summed E-state index contributed by atoms with van der Waals surface area (Å²) in [5.74, 6) is 1.04. The van der Waals surface area contributed by atoms with Crippen molar-refractivity contribution in [3.63, 3.8) is 0 Å². The van der Waals surface area contributed by atoms with Gasteiger partial charge in [0, 0.05) is 23.3 Å². The van der Waals surface area contributed by atoms with Crippen LogP contribution in [-0.4, -0.2) is 42.3 Å². The molecular weight excluding hydrogens is 453 g/mol. The maximum Gasteiger partial charge on any atom is 0.418 e. The SMILES string of the molecule is COc1cc(OC)cc(-c2nn(-c3cc(OCCO)ccc3C(F)(F)F)c(=O)c3c2CCC3)c1. The van der Waals surface area contributed by atoms with E-state index in [9.17, 15) is 18.0 Å². The zero-order valence-corrected chi connectivity index (χ0v) is 18.6. The van der Waals surface area contributed by atoms with Crippen molar-refractivity contribution < 1.29 is 32.5 Å².